The van der Waals surface area contributed by atoms with Crippen molar-refractivity contribution in [3.05, 3.63) is 39.4 Å². The minimum Gasteiger partial charge on any atom is -0.477 e. The van der Waals surface area contributed by atoms with Gasteiger partial charge >= 0.3 is 5.97 Å². The van der Waals surface area contributed by atoms with E-state index in [4.69, 9.17) is 22.4 Å². The number of rotatable bonds is 1. The second-order valence-corrected chi connectivity index (χ2v) is 4.62. The summed E-state index contributed by atoms with van der Waals surface area (Å²) in [6, 6.07) is 5.60. The predicted octanol–water partition coefficient (Wildman–Crippen LogP) is 2.78. The van der Waals surface area contributed by atoms with E-state index in [1.807, 2.05) is 19.1 Å². The second-order valence-electron chi connectivity index (χ2n) is 3.46. The molecule has 7 heteroatoms. The topological polar surface area (TPSA) is 89.1 Å². The highest BCUT2D eigenvalue weighted by Gasteiger charge is 2.09. The Hall–Kier alpha value is -1.66. The van der Waals surface area contributed by atoms with Crippen LogP contribution >= 0.6 is 23.1 Å². The molecule has 3 N–H and O–H groups in total. The van der Waals surface area contributed by atoms with Gasteiger partial charge in [-0.25, -0.2) is 4.79 Å². The van der Waals surface area contributed by atoms with E-state index in [-0.39, 0.29) is 4.88 Å². The fourth-order valence-electron chi connectivity index (χ4n) is 1.07. The Bertz CT molecular complexity index is 537. The Balaban J connectivity index is 0.000000180. The molecule has 0 radical (unpaired) electrons. The number of halogens is 1. The monoisotopic (exact) mass is 285 g/mol. The first-order chi connectivity index (χ1) is 8.43. The molecule has 0 atom stereocenters. The molecule has 0 bridgehead atoms. The van der Waals surface area contributed by atoms with Crippen molar-refractivity contribution < 1.29 is 9.90 Å². The van der Waals surface area contributed by atoms with Crippen molar-refractivity contribution in [2.45, 2.75) is 13.8 Å². The summed E-state index contributed by atoms with van der Waals surface area (Å²) >= 11 is 6.59. The molecule has 0 saturated carbocycles. The van der Waals surface area contributed by atoms with Crippen molar-refractivity contribution in [1.82, 2.24) is 9.59 Å². The summed E-state index contributed by atoms with van der Waals surface area (Å²) < 4.78 is 3.45. The molecular weight excluding hydrogens is 274 g/mol. The van der Waals surface area contributed by atoms with Crippen LogP contribution in [0.2, 0.25) is 5.02 Å². The number of carbonyl (C=O) groups is 1. The maximum atomic E-state index is 10.2. The molecule has 2 rings (SSSR count). The van der Waals surface area contributed by atoms with Gasteiger partial charge in [-0.1, -0.05) is 28.2 Å². The van der Waals surface area contributed by atoms with Crippen LogP contribution in [0.3, 0.4) is 0 Å². The number of carboxylic acid groups (broad SMARTS) is 1. The highest BCUT2D eigenvalue weighted by atomic mass is 35.5. The Labute approximate surface area is 113 Å². The van der Waals surface area contributed by atoms with Crippen LogP contribution in [-0.2, 0) is 0 Å². The molecular formula is C11H12ClN3O2S. The third-order valence-electron chi connectivity index (χ3n) is 2.12. The number of anilines is 1. The third-order valence-corrected chi connectivity index (χ3v) is 3.26. The largest absolute Gasteiger partial charge is 0.477 e. The molecule has 0 saturated heterocycles. The van der Waals surface area contributed by atoms with Crippen molar-refractivity contribution in [3.63, 3.8) is 0 Å². The second kappa shape index (κ2) is 6.32. The van der Waals surface area contributed by atoms with Gasteiger partial charge in [0.15, 0.2) is 4.88 Å². The molecule has 1 heterocycles. The summed E-state index contributed by atoms with van der Waals surface area (Å²) in [4.78, 5) is 10.4. The number of nitrogens with two attached hydrogens (primary N) is 1. The number of benzene rings is 1. The summed E-state index contributed by atoms with van der Waals surface area (Å²) in [6.07, 6.45) is 0. The van der Waals surface area contributed by atoms with Gasteiger partial charge in [0.25, 0.3) is 0 Å². The van der Waals surface area contributed by atoms with Crippen LogP contribution in [-0.4, -0.2) is 20.7 Å². The van der Waals surface area contributed by atoms with Gasteiger partial charge in [-0.15, -0.1) is 5.10 Å². The molecule has 1 aromatic heterocycles. The van der Waals surface area contributed by atoms with Crippen molar-refractivity contribution >= 4 is 34.8 Å². The van der Waals surface area contributed by atoms with E-state index >= 15 is 0 Å². The lowest BCUT2D eigenvalue weighted by atomic mass is 10.2. The van der Waals surface area contributed by atoms with Crippen molar-refractivity contribution in [3.8, 4) is 0 Å². The average molecular weight is 286 g/mol. The molecule has 5 nitrogen and oxygen atoms in total. The predicted molar refractivity (Wildman–Crippen MR) is 72.2 cm³/mol. The molecule has 0 aliphatic rings. The van der Waals surface area contributed by atoms with Gasteiger partial charge in [-0.2, -0.15) is 0 Å². The van der Waals surface area contributed by atoms with Gasteiger partial charge in [0, 0.05) is 0 Å². The van der Waals surface area contributed by atoms with Crippen LogP contribution in [0.25, 0.3) is 0 Å². The van der Waals surface area contributed by atoms with E-state index in [9.17, 15) is 4.79 Å². The van der Waals surface area contributed by atoms with E-state index in [1.54, 1.807) is 13.0 Å². The number of carboxylic acids is 1. The normalized spacial score (nSPS) is 9.50. The molecule has 0 spiro atoms. The molecule has 1 aromatic carbocycles. The number of aryl methyl sites for hydroxylation is 2. The Kier molecular flexibility index (Phi) is 5.06. The lowest BCUT2D eigenvalue weighted by molar-refractivity contribution is 0.0701. The van der Waals surface area contributed by atoms with Crippen molar-refractivity contribution in [2.75, 3.05) is 5.73 Å². The SMILES string of the molecule is Cc1cccc(Cl)c1N.Cc1nnsc1C(=O)O. The summed E-state index contributed by atoms with van der Waals surface area (Å²) in [5.74, 6) is -0.956. The Morgan fingerprint density at radius 2 is 2.11 bits per heavy atom. The molecule has 18 heavy (non-hydrogen) atoms. The van der Waals surface area contributed by atoms with E-state index in [0.717, 1.165) is 17.1 Å². The van der Waals surface area contributed by atoms with E-state index < -0.39 is 5.97 Å². The van der Waals surface area contributed by atoms with E-state index in [2.05, 4.69) is 9.59 Å². The van der Waals surface area contributed by atoms with Crippen LogP contribution in [0, 0.1) is 13.8 Å². The first kappa shape index (κ1) is 14.4. The summed E-state index contributed by atoms with van der Waals surface area (Å²) in [6.45, 7) is 3.55. The fraction of sp³-hybridized carbons (Fsp3) is 0.182. The zero-order valence-corrected chi connectivity index (χ0v) is 11.4. The Morgan fingerprint density at radius 1 is 1.44 bits per heavy atom. The molecule has 0 aliphatic carbocycles. The van der Waals surface area contributed by atoms with E-state index in [0.29, 0.717) is 16.4 Å². The van der Waals surface area contributed by atoms with Gasteiger partial charge in [0.2, 0.25) is 0 Å². The quantitative estimate of drug-likeness (QED) is 0.787. The number of nitrogen functional groups attached to an aromatic ring is 1. The van der Waals surface area contributed by atoms with Crippen LogP contribution in [0.5, 0.6) is 0 Å². The summed E-state index contributed by atoms with van der Waals surface area (Å²) in [5.41, 5.74) is 7.74. The number of hydrogen-bond acceptors (Lipinski definition) is 5. The molecule has 0 aliphatic heterocycles. The number of hydrogen-bond donors (Lipinski definition) is 2. The molecule has 0 fully saturated rings. The summed E-state index contributed by atoms with van der Waals surface area (Å²) in [7, 11) is 0. The van der Waals surface area contributed by atoms with E-state index in [1.165, 1.54) is 0 Å². The number of aromatic nitrogens is 2. The first-order valence-electron chi connectivity index (χ1n) is 4.96. The highest BCUT2D eigenvalue weighted by molar-refractivity contribution is 7.07. The molecule has 0 unspecified atom stereocenters. The molecule has 0 amide bonds. The van der Waals surface area contributed by atoms with Gasteiger partial charge in [0.05, 0.1) is 16.4 Å². The number of aromatic carboxylic acids is 1. The summed E-state index contributed by atoms with van der Waals surface area (Å²) in [5, 5.41) is 12.5. The van der Waals surface area contributed by atoms with Crippen LogP contribution < -0.4 is 5.73 Å². The molecule has 2 aromatic rings. The van der Waals surface area contributed by atoms with Crippen molar-refractivity contribution in [2.24, 2.45) is 0 Å². The van der Waals surface area contributed by atoms with Gasteiger partial charge < -0.3 is 10.8 Å². The zero-order valence-electron chi connectivity index (χ0n) is 9.85. The fourth-order valence-corrected chi connectivity index (χ4v) is 1.79. The average Bonchev–Trinajstić information content (AvgIpc) is 2.73. The van der Waals surface area contributed by atoms with Gasteiger partial charge in [0.1, 0.15) is 0 Å². The van der Waals surface area contributed by atoms with Crippen LogP contribution in [0.1, 0.15) is 20.9 Å². The lowest BCUT2D eigenvalue weighted by Crippen LogP contribution is -1.94. The highest BCUT2D eigenvalue weighted by Crippen LogP contribution is 2.20. The van der Waals surface area contributed by atoms with Crippen LogP contribution in [0.15, 0.2) is 18.2 Å². The maximum Gasteiger partial charge on any atom is 0.349 e. The van der Waals surface area contributed by atoms with Crippen molar-refractivity contribution in [1.29, 1.82) is 0 Å². The number of nitrogens with zero attached hydrogens (tertiary/aromatic N) is 2. The van der Waals surface area contributed by atoms with Crippen LogP contribution in [0.4, 0.5) is 5.69 Å². The third kappa shape index (κ3) is 3.68. The minimum atomic E-state index is -0.956. The maximum absolute atomic E-state index is 10.2. The standard InChI is InChI=1S/C7H8ClN.C4H4N2O2S/c1-5-3-2-4-6(8)7(5)9;1-2-3(4(7)8)9-6-5-2/h2-4H,9H2,1H3;1H3,(H,7,8). The lowest BCUT2D eigenvalue weighted by Gasteiger charge is -1.98. The zero-order chi connectivity index (χ0) is 13.7. The smallest absolute Gasteiger partial charge is 0.349 e. The minimum absolute atomic E-state index is 0.218. The Morgan fingerprint density at radius 3 is 2.44 bits per heavy atom. The molecule has 96 valence electrons. The van der Waals surface area contributed by atoms with Gasteiger partial charge in [-0.3, -0.25) is 0 Å². The number of para-hydroxylation sites is 1. The van der Waals surface area contributed by atoms with Gasteiger partial charge in [-0.05, 0) is 37.0 Å². The first-order valence-corrected chi connectivity index (χ1v) is 6.11.